The van der Waals surface area contributed by atoms with Gasteiger partial charge in [0.05, 0.1) is 17.3 Å². The molecule has 1 aliphatic heterocycles. The van der Waals surface area contributed by atoms with Crippen LogP contribution in [0.15, 0.2) is 5.16 Å². The van der Waals surface area contributed by atoms with Crippen molar-refractivity contribution in [1.29, 1.82) is 0 Å². The summed E-state index contributed by atoms with van der Waals surface area (Å²) in [5, 5.41) is 20.8. The predicted octanol–water partition coefficient (Wildman–Crippen LogP) is 0.406. The average molecular weight is 357 g/mol. The van der Waals surface area contributed by atoms with Gasteiger partial charge in [-0.1, -0.05) is 18.7 Å². The molecule has 1 aliphatic rings. The summed E-state index contributed by atoms with van der Waals surface area (Å²) in [4.78, 5) is 0. The molecule has 23 heavy (non-hydrogen) atoms. The predicted molar refractivity (Wildman–Crippen MR) is 84.7 cm³/mol. The molecule has 11 heteroatoms. The third-order valence-electron chi connectivity index (χ3n) is 3.84. The number of aromatic nitrogens is 7. The van der Waals surface area contributed by atoms with Gasteiger partial charge in [-0.3, -0.25) is 0 Å². The van der Waals surface area contributed by atoms with Gasteiger partial charge in [-0.2, -0.15) is 0 Å². The summed E-state index contributed by atoms with van der Waals surface area (Å²) < 4.78 is 26.9. The Balaban J connectivity index is 1.69. The van der Waals surface area contributed by atoms with Crippen molar-refractivity contribution in [2.24, 2.45) is 7.05 Å². The number of aryl methyl sites for hydroxylation is 1. The first kappa shape index (κ1) is 16.4. The number of thioether (sulfide) groups is 1. The van der Waals surface area contributed by atoms with E-state index in [0.29, 0.717) is 12.2 Å². The van der Waals surface area contributed by atoms with Gasteiger partial charge in [0, 0.05) is 19.5 Å². The fraction of sp³-hybridized carbons (Fsp3) is 0.750. The molecule has 0 amide bonds. The first-order valence-electron chi connectivity index (χ1n) is 7.47. The number of tetrazole rings is 1. The van der Waals surface area contributed by atoms with Crippen LogP contribution in [0.25, 0.3) is 0 Å². The maximum absolute atomic E-state index is 11.6. The number of nitrogens with zero attached hydrogens (tertiary/aromatic N) is 7. The maximum atomic E-state index is 11.6. The lowest BCUT2D eigenvalue weighted by Crippen LogP contribution is -2.09. The van der Waals surface area contributed by atoms with Crippen LogP contribution >= 0.6 is 11.8 Å². The minimum atomic E-state index is -2.93. The van der Waals surface area contributed by atoms with Gasteiger partial charge < -0.3 is 4.57 Å². The van der Waals surface area contributed by atoms with Gasteiger partial charge in [0.2, 0.25) is 0 Å². The molecule has 0 aromatic carbocycles. The van der Waals surface area contributed by atoms with E-state index in [2.05, 4.69) is 32.6 Å². The average Bonchev–Trinajstić information content (AvgIpc) is 3.17. The van der Waals surface area contributed by atoms with E-state index in [4.69, 9.17) is 0 Å². The SMILES string of the molecule is CCCn1nnnc1CSc1nnc([C@@H]2CCS(=O)(=O)C2)n1C. The lowest BCUT2D eigenvalue weighted by molar-refractivity contribution is 0.564. The Morgan fingerprint density at radius 3 is 2.83 bits per heavy atom. The maximum Gasteiger partial charge on any atom is 0.191 e. The van der Waals surface area contributed by atoms with Crippen LogP contribution in [-0.4, -0.2) is 54.9 Å². The molecule has 0 unspecified atom stereocenters. The quantitative estimate of drug-likeness (QED) is 0.684. The second-order valence-electron chi connectivity index (χ2n) is 5.61. The number of hydrogen-bond acceptors (Lipinski definition) is 8. The Hall–Kier alpha value is -1.49. The van der Waals surface area contributed by atoms with Crippen LogP contribution in [0.3, 0.4) is 0 Å². The summed E-state index contributed by atoms with van der Waals surface area (Å²) in [5.41, 5.74) is 0. The minimum absolute atomic E-state index is 0.0581. The Morgan fingerprint density at radius 1 is 1.30 bits per heavy atom. The van der Waals surface area contributed by atoms with Gasteiger partial charge in [0.15, 0.2) is 20.8 Å². The molecule has 1 saturated heterocycles. The summed E-state index contributed by atoms with van der Waals surface area (Å²) in [6.45, 7) is 2.86. The molecule has 0 N–H and O–H groups in total. The number of hydrogen-bond donors (Lipinski definition) is 0. The molecule has 9 nitrogen and oxygen atoms in total. The summed E-state index contributed by atoms with van der Waals surface area (Å²) in [5.74, 6) is 2.47. The minimum Gasteiger partial charge on any atom is -0.309 e. The molecule has 3 heterocycles. The van der Waals surface area contributed by atoms with Gasteiger partial charge in [-0.05, 0) is 23.3 Å². The molecule has 3 rings (SSSR count). The lowest BCUT2D eigenvalue weighted by Gasteiger charge is -2.07. The van der Waals surface area contributed by atoms with Crippen molar-refractivity contribution < 1.29 is 8.42 Å². The second-order valence-corrected chi connectivity index (χ2v) is 8.78. The number of sulfone groups is 1. The summed E-state index contributed by atoms with van der Waals surface area (Å²) >= 11 is 1.50. The lowest BCUT2D eigenvalue weighted by atomic mass is 10.1. The molecular weight excluding hydrogens is 338 g/mol. The molecule has 0 saturated carbocycles. The zero-order valence-electron chi connectivity index (χ0n) is 13.1. The smallest absolute Gasteiger partial charge is 0.191 e. The Morgan fingerprint density at radius 2 is 2.13 bits per heavy atom. The third kappa shape index (κ3) is 3.55. The zero-order valence-corrected chi connectivity index (χ0v) is 14.7. The standard InChI is InChI=1S/C12H19N7O2S2/c1-3-5-19-10(13-16-17-19)7-22-12-15-14-11(18(12)2)9-4-6-23(20,21)8-9/h9H,3-8H2,1-2H3/t9-/m1/s1. The van der Waals surface area contributed by atoms with Crippen molar-refractivity contribution in [2.75, 3.05) is 11.5 Å². The highest BCUT2D eigenvalue weighted by Gasteiger charge is 2.32. The van der Waals surface area contributed by atoms with Gasteiger partial charge in [-0.15, -0.1) is 15.3 Å². The van der Waals surface area contributed by atoms with Crippen molar-refractivity contribution in [3.8, 4) is 0 Å². The van der Waals surface area contributed by atoms with E-state index in [9.17, 15) is 8.42 Å². The third-order valence-corrected chi connectivity index (χ3v) is 6.62. The van der Waals surface area contributed by atoms with E-state index in [1.165, 1.54) is 11.8 Å². The molecule has 0 spiro atoms. The van der Waals surface area contributed by atoms with E-state index in [0.717, 1.165) is 29.8 Å². The van der Waals surface area contributed by atoms with E-state index in [1.54, 1.807) is 4.68 Å². The highest BCUT2D eigenvalue weighted by atomic mass is 32.2. The zero-order chi connectivity index (χ0) is 16.4. The molecule has 0 radical (unpaired) electrons. The van der Waals surface area contributed by atoms with Gasteiger partial charge in [0.25, 0.3) is 0 Å². The second kappa shape index (κ2) is 6.56. The van der Waals surface area contributed by atoms with Crippen LogP contribution in [0.1, 0.15) is 37.3 Å². The normalized spacial score (nSPS) is 20.2. The molecular formula is C12H19N7O2S2. The van der Waals surface area contributed by atoms with Gasteiger partial charge in [-0.25, -0.2) is 13.1 Å². The highest BCUT2D eigenvalue weighted by molar-refractivity contribution is 7.98. The summed E-state index contributed by atoms with van der Waals surface area (Å²) in [6, 6.07) is 0. The fourth-order valence-corrected chi connectivity index (χ4v) is 5.24. The van der Waals surface area contributed by atoms with Crippen molar-refractivity contribution in [3.05, 3.63) is 11.6 Å². The van der Waals surface area contributed by atoms with Crippen LogP contribution < -0.4 is 0 Å². The molecule has 1 fully saturated rings. The monoisotopic (exact) mass is 357 g/mol. The first-order valence-corrected chi connectivity index (χ1v) is 10.3. The Kier molecular flexibility index (Phi) is 4.67. The van der Waals surface area contributed by atoms with Gasteiger partial charge >= 0.3 is 0 Å². The summed E-state index contributed by atoms with van der Waals surface area (Å²) in [7, 11) is -1.06. The van der Waals surface area contributed by atoms with E-state index in [-0.39, 0.29) is 17.4 Å². The van der Waals surface area contributed by atoms with Crippen molar-refractivity contribution in [3.63, 3.8) is 0 Å². The van der Waals surface area contributed by atoms with Crippen LogP contribution in [0.2, 0.25) is 0 Å². The van der Waals surface area contributed by atoms with Crippen molar-refractivity contribution in [2.45, 2.75) is 43.1 Å². The van der Waals surface area contributed by atoms with E-state index >= 15 is 0 Å². The van der Waals surface area contributed by atoms with Gasteiger partial charge in [0.1, 0.15) is 5.82 Å². The van der Waals surface area contributed by atoms with Crippen LogP contribution in [-0.2, 0) is 29.2 Å². The molecule has 126 valence electrons. The number of rotatable bonds is 6. The highest BCUT2D eigenvalue weighted by Crippen LogP contribution is 2.29. The molecule has 0 bridgehead atoms. The van der Waals surface area contributed by atoms with Crippen LogP contribution in [0.5, 0.6) is 0 Å². The topological polar surface area (TPSA) is 108 Å². The van der Waals surface area contributed by atoms with E-state index in [1.807, 2.05) is 11.6 Å². The summed E-state index contributed by atoms with van der Waals surface area (Å²) in [6.07, 6.45) is 1.58. The largest absolute Gasteiger partial charge is 0.309 e. The first-order chi connectivity index (χ1) is 11.0. The molecule has 0 aliphatic carbocycles. The van der Waals surface area contributed by atoms with Crippen molar-refractivity contribution >= 4 is 21.6 Å². The van der Waals surface area contributed by atoms with E-state index < -0.39 is 9.84 Å². The molecule has 2 aromatic rings. The Labute approximate surface area is 138 Å². The van der Waals surface area contributed by atoms with Crippen molar-refractivity contribution in [1.82, 2.24) is 35.0 Å². The van der Waals surface area contributed by atoms with Crippen LogP contribution in [0, 0.1) is 0 Å². The van der Waals surface area contributed by atoms with Crippen LogP contribution in [0.4, 0.5) is 0 Å². The fourth-order valence-electron chi connectivity index (χ4n) is 2.65. The Bertz CT molecular complexity index is 783. The molecule has 2 aromatic heterocycles. The molecule has 1 atom stereocenters.